The van der Waals surface area contributed by atoms with Crippen molar-refractivity contribution in [3.05, 3.63) is 70.0 Å². The van der Waals surface area contributed by atoms with E-state index in [4.69, 9.17) is 0 Å². The molecular weight excluding hydrogens is 320 g/mol. The Morgan fingerprint density at radius 3 is 2.68 bits per heavy atom. The maximum absolute atomic E-state index is 11.5. The molecule has 2 aromatic carbocycles. The van der Waals surface area contributed by atoms with Crippen molar-refractivity contribution in [3.8, 4) is 11.5 Å². The number of hydrogen-bond acceptors (Lipinski definition) is 5. The second kappa shape index (κ2) is 7.38. The maximum atomic E-state index is 11.5. The molecule has 25 heavy (non-hydrogen) atoms. The van der Waals surface area contributed by atoms with Gasteiger partial charge < -0.3 is 25.6 Å². The van der Waals surface area contributed by atoms with Crippen LogP contribution in [0.15, 0.2) is 53.3 Å². The van der Waals surface area contributed by atoms with Crippen LogP contribution in [0, 0.1) is 0 Å². The number of phenolic OH excluding ortho intramolecular Hbond substituents is 2. The molecule has 1 heterocycles. The summed E-state index contributed by atoms with van der Waals surface area (Å²) in [5.74, 6) is 0.220. The second-order valence-electron chi connectivity index (χ2n) is 5.89. The standard InChI is InChI=1S/C19H20N2O4/c22-11-16(20-9-8-12-2-1-3-13(23)10-12)14-4-6-17(24)19-15(14)5-7-18(25)21-19/h1-7,10,16,20,22-24H,8-9,11H2,(H,21,25). The van der Waals surface area contributed by atoms with Crippen molar-refractivity contribution in [2.24, 2.45) is 0 Å². The topological polar surface area (TPSA) is 106 Å². The number of aromatic hydroxyl groups is 2. The Labute approximate surface area is 144 Å². The van der Waals surface area contributed by atoms with Crippen LogP contribution in [0.25, 0.3) is 10.9 Å². The number of rotatable bonds is 6. The van der Waals surface area contributed by atoms with E-state index in [2.05, 4.69) is 10.3 Å². The van der Waals surface area contributed by atoms with E-state index in [1.807, 2.05) is 6.07 Å². The molecule has 0 spiro atoms. The van der Waals surface area contributed by atoms with Gasteiger partial charge >= 0.3 is 0 Å². The van der Waals surface area contributed by atoms with Crippen LogP contribution in [0.2, 0.25) is 0 Å². The summed E-state index contributed by atoms with van der Waals surface area (Å²) in [7, 11) is 0. The largest absolute Gasteiger partial charge is 0.508 e. The van der Waals surface area contributed by atoms with Crippen molar-refractivity contribution in [1.29, 1.82) is 0 Å². The van der Waals surface area contributed by atoms with Gasteiger partial charge in [-0.2, -0.15) is 0 Å². The van der Waals surface area contributed by atoms with Gasteiger partial charge in [-0.3, -0.25) is 4.79 Å². The number of hydrogen-bond donors (Lipinski definition) is 5. The van der Waals surface area contributed by atoms with Crippen molar-refractivity contribution in [3.63, 3.8) is 0 Å². The Bertz CT molecular complexity index is 936. The van der Waals surface area contributed by atoms with Gasteiger partial charge in [0, 0.05) is 11.5 Å². The van der Waals surface area contributed by atoms with Gasteiger partial charge in [0.1, 0.15) is 11.5 Å². The van der Waals surface area contributed by atoms with Crippen molar-refractivity contribution in [1.82, 2.24) is 10.3 Å². The van der Waals surface area contributed by atoms with Gasteiger partial charge in [-0.25, -0.2) is 0 Å². The average Bonchev–Trinajstić information content (AvgIpc) is 2.60. The maximum Gasteiger partial charge on any atom is 0.248 e. The van der Waals surface area contributed by atoms with E-state index < -0.39 is 0 Å². The van der Waals surface area contributed by atoms with E-state index in [-0.39, 0.29) is 29.7 Å². The van der Waals surface area contributed by atoms with E-state index in [1.54, 1.807) is 30.3 Å². The molecule has 0 radical (unpaired) electrons. The van der Waals surface area contributed by atoms with Crippen LogP contribution in [0.5, 0.6) is 11.5 Å². The van der Waals surface area contributed by atoms with Gasteiger partial charge in [0.05, 0.1) is 18.2 Å². The van der Waals surface area contributed by atoms with Gasteiger partial charge in [0.15, 0.2) is 0 Å². The molecule has 3 rings (SSSR count). The highest BCUT2D eigenvalue weighted by molar-refractivity contribution is 5.87. The molecule has 0 aliphatic heterocycles. The first-order valence-corrected chi connectivity index (χ1v) is 8.05. The Kier molecular flexibility index (Phi) is 5.02. The Hall–Kier alpha value is -2.83. The molecule has 5 N–H and O–H groups in total. The fourth-order valence-electron chi connectivity index (χ4n) is 2.94. The molecule has 6 nitrogen and oxygen atoms in total. The highest BCUT2D eigenvalue weighted by Gasteiger charge is 2.15. The number of aromatic nitrogens is 1. The number of H-pyrrole nitrogens is 1. The minimum absolute atomic E-state index is 0.00657. The first kappa shape index (κ1) is 17.0. The van der Waals surface area contributed by atoms with Gasteiger partial charge in [-0.05, 0) is 48.4 Å². The summed E-state index contributed by atoms with van der Waals surface area (Å²) in [6, 6.07) is 13.0. The lowest BCUT2D eigenvalue weighted by Crippen LogP contribution is -2.26. The lowest BCUT2D eigenvalue weighted by molar-refractivity contribution is 0.246. The van der Waals surface area contributed by atoms with Gasteiger partial charge in [-0.15, -0.1) is 0 Å². The van der Waals surface area contributed by atoms with E-state index in [1.165, 1.54) is 12.1 Å². The molecule has 6 heteroatoms. The summed E-state index contributed by atoms with van der Waals surface area (Å²) in [4.78, 5) is 14.1. The van der Waals surface area contributed by atoms with Crippen molar-refractivity contribution in [2.45, 2.75) is 12.5 Å². The molecule has 0 saturated carbocycles. The molecule has 0 amide bonds. The highest BCUT2D eigenvalue weighted by Crippen LogP contribution is 2.28. The monoisotopic (exact) mass is 340 g/mol. The summed E-state index contributed by atoms with van der Waals surface area (Å²) in [6.45, 7) is 0.472. The molecule has 1 atom stereocenters. The van der Waals surface area contributed by atoms with E-state index >= 15 is 0 Å². The van der Waals surface area contributed by atoms with Crippen molar-refractivity contribution < 1.29 is 15.3 Å². The van der Waals surface area contributed by atoms with Gasteiger partial charge in [0.2, 0.25) is 5.56 Å². The normalized spacial score (nSPS) is 12.4. The highest BCUT2D eigenvalue weighted by atomic mass is 16.3. The second-order valence-corrected chi connectivity index (χ2v) is 5.89. The molecule has 0 aliphatic carbocycles. The first-order chi connectivity index (χ1) is 12.1. The molecule has 1 unspecified atom stereocenters. The first-order valence-electron chi connectivity index (χ1n) is 8.05. The lowest BCUT2D eigenvalue weighted by atomic mass is 10.0. The Morgan fingerprint density at radius 2 is 1.92 bits per heavy atom. The smallest absolute Gasteiger partial charge is 0.248 e. The molecule has 0 saturated heterocycles. The average molecular weight is 340 g/mol. The van der Waals surface area contributed by atoms with Crippen LogP contribution in [0.4, 0.5) is 0 Å². The zero-order valence-corrected chi connectivity index (χ0v) is 13.6. The number of aliphatic hydroxyl groups is 1. The number of fused-ring (bicyclic) bond motifs is 1. The van der Waals surface area contributed by atoms with Crippen LogP contribution in [0.1, 0.15) is 17.2 Å². The molecule has 0 fully saturated rings. The fourth-order valence-corrected chi connectivity index (χ4v) is 2.94. The fraction of sp³-hybridized carbons (Fsp3) is 0.211. The zero-order valence-electron chi connectivity index (χ0n) is 13.6. The predicted molar refractivity (Wildman–Crippen MR) is 95.9 cm³/mol. The summed E-state index contributed by atoms with van der Waals surface area (Å²) < 4.78 is 0. The van der Waals surface area contributed by atoms with E-state index in [9.17, 15) is 20.1 Å². The molecule has 0 aliphatic rings. The predicted octanol–water partition coefficient (Wildman–Crippen LogP) is 1.80. The molecule has 0 bridgehead atoms. The van der Waals surface area contributed by atoms with Crippen LogP contribution in [0.3, 0.4) is 0 Å². The number of aliphatic hydroxyl groups excluding tert-OH is 1. The third kappa shape index (κ3) is 3.81. The van der Waals surface area contributed by atoms with Crippen LogP contribution >= 0.6 is 0 Å². The van der Waals surface area contributed by atoms with Crippen molar-refractivity contribution >= 4 is 10.9 Å². The number of benzene rings is 2. The number of nitrogens with one attached hydrogen (secondary N) is 2. The summed E-state index contributed by atoms with van der Waals surface area (Å²) in [5, 5.41) is 33.2. The third-order valence-corrected chi connectivity index (χ3v) is 4.18. The van der Waals surface area contributed by atoms with Gasteiger partial charge in [0.25, 0.3) is 0 Å². The zero-order chi connectivity index (χ0) is 17.8. The van der Waals surface area contributed by atoms with E-state index in [0.29, 0.717) is 23.9 Å². The molecular formula is C19H20N2O4. The quantitative estimate of drug-likeness (QED) is 0.471. The number of pyridine rings is 1. The van der Waals surface area contributed by atoms with Gasteiger partial charge in [-0.1, -0.05) is 18.2 Å². The van der Waals surface area contributed by atoms with E-state index in [0.717, 1.165) is 11.1 Å². The van der Waals surface area contributed by atoms with Crippen LogP contribution in [-0.4, -0.2) is 33.5 Å². The van der Waals surface area contributed by atoms with Crippen molar-refractivity contribution in [2.75, 3.05) is 13.2 Å². The summed E-state index contributed by atoms with van der Waals surface area (Å²) in [5.41, 5.74) is 1.85. The molecule has 3 aromatic rings. The Balaban J connectivity index is 1.80. The van der Waals surface area contributed by atoms with Crippen LogP contribution in [-0.2, 0) is 6.42 Å². The van der Waals surface area contributed by atoms with Crippen LogP contribution < -0.4 is 10.9 Å². The number of phenols is 2. The summed E-state index contributed by atoms with van der Waals surface area (Å²) >= 11 is 0. The minimum atomic E-state index is -0.341. The molecule has 130 valence electrons. The number of aromatic amines is 1. The molecule has 1 aromatic heterocycles. The summed E-state index contributed by atoms with van der Waals surface area (Å²) in [6.07, 6.45) is 0.692. The third-order valence-electron chi connectivity index (χ3n) is 4.18. The Morgan fingerprint density at radius 1 is 1.08 bits per heavy atom. The SMILES string of the molecule is O=c1ccc2c(C(CO)NCCc3cccc(O)c3)ccc(O)c2[nH]1. The minimum Gasteiger partial charge on any atom is -0.508 e. The lowest BCUT2D eigenvalue weighted by Gasteiger charge is -2.19.